The van der Waals surface area contributed by atoms with Gasteiger partial charge in [0.15, 0.2) is 0 Å². The largest absolute Gasteiger partial charge is 0.381 e. The fourth-order valence-corrected chi connectivity index (χ4v) is 4.92. The number of benzene rings is 1. The number of nitrogens with one attached hydrogen (secondary N) is 1. The van der Waals surface area contributed by atoms with Gasteiger partial charge in [-0.25, -0.2) is 17.1 Å². The molecule has 0 aliphatic carbocycles. The summed E-state index contributed by atoms with van der Waals surface area (Å²) in [5.74, 6) is -0.774. The van der Waals surface area contributed by atoms with Crippen LogP contribution in [-0.2, 0) is 25.0 Å². The first-order valence-corrected chi connectivity index (χ1v) is 11.2. The molecule has 2 aliphatic heterocycles. The number of halogens is 1. The Morgan fingerprint density at radius 3 is 2.78 bits per heavy atom. The van der Waals surface area contributed by atoms with Crippen LogP contribution >= 0.6 is 0 Å². The maximum absolute atomic E-state index is 13.8. The molecule has 1 N–H and O–H groups in total. The normalized spacial score (nSPS) is 23.7. The Morgan fingerprint density at radius 2 is 2.11 bits per heavy atom. The molecule has 150 valence electrons. The number of rotatable bonds is 5. The lowest BCUT2D eigenvalue weighted by Gasteiger charge is -2.38. The van der Waals surface area contributed by atoms with Crippen molar-refractivity contribution in [3.05, 3.63) is 35.6 Å². The second kappa shape index (κ2) is 8.24. The van der Waals surface area contributed by atoms with Gasteiger partial charge >= 0.3 is 0 Å². The first-order valence-electron chi connectivity index (χ1n) is 9.37. The maximum atomic E-state index is 13.8. The second-order valence-electron chi connectivity index (χ2n) is 7.58. The third-order valence-corrected chi connectivity index (χ3v) is 6.98. The van der Waals surface area contributed by atoms with Crippen molar-refractivity contribution in [3.63, 3.8) is 0 Å². The van der Waals surface area contributed by atoms with Crippen LogP contribution in [0.2, 0.25) is 0 Å². The summed E-state index contributed by atoms with van der Waals surface area (Å²) in [4.78, 5) is 12.7. The van der Waals surface area contributed by atoms with Crippen LogP contribution in [0.25, 0.3) is 0 Å². The highest BCUT2D eigenvalue weighted by molar-refractivity contribution is 7.88. The van der Waals surface area contributed by atoms with E-state index in [0.29, 0.717) is 52.0 Å². The fraction of sp³-hybridized carbons (Fsp3) is 0.632. The Kier molecular flexibility index (Phi) is 6.18. The number of carbonyl (C=O) groups is 1. The molecular weight excluding hydrogens is 371 g/mol. The van der Waals surface area contributed by atoms with Gasteiger partial charge in [-0.15, -0.1) is 0 Å². The van der Waals surface area contributed by atoms with Gasteiger partial charge < -0.3 is 10.1 Å². The number of carbonyl (C=O) groups excluding carboxylic acids is 1. The van der Waals surface area contributed by atoms with Crippen LogP contribution in [0.3, 0.4) is 0 Å². The summed E-state index contributed by atoms with van der Waals surface area (Å²) in [7, 11) is -3.29. The molecule has 1 unspecified atom stereocenters. The molecule has 6 nitrogen and oxygen atoms in total. The SMILES string of the molecule is CS(=O)(=O)N1CCCC(C(=O)NCC2(c3cccc(F)c3)CCOCC2)C1. The van der Waals surface area contributed by atoms with Crippen LogP contribution in [0.15, 0.2) is 24.3 Å². The first kappa shape index (κ1) is 20.2. The summed E-state index contributed by atoms with van der Waals surface area (Å²) in [6, 6.07) is 6.53. The summed E-state index contributed by atoms with van der Waals surface area (Å²) in [5, 5.41) is 3.01. The summed E-state index contributed by atoms with van der Waals surface area (Å²) in [5.41, 5.74) is 0.508. The zero-order valence-corrected chi connectivity index (χ0v) is 16.4. The van der Waals surface area contributed by atoms with Gasteiger partial charge in [-0.2, -0.15) is 0 Å². The maximum Gasteiger partial charge on any atom is 0.224 e. The monoisotopic (exact) mass is 398 g/mol. The molecule has 1 atom stereocenters. The van der Waals surface area contributed by atoms with E-state index >= 15 is 0 Å². The van der Waals surface area contributed by atoms with Crippen LogP contribution < -0.4 is 5.32 Å². The molecule has 3 rings (SSSR count). The zero-order chi connectivity index (χ0) is 19.5. The summed E-state index contributed by atoms with van der Waals surface area (Å²) >= 11 is 0. The number of ether oxygens (including phenoxy) is 1. The third kappa shape index (κ3) is 4.86. The van der Waals surface area contributed by atoms with Crippen molar-refractivity contribution in [2.24, 2.45) is 5.92 Å². The number of hydrogen-bond acceptors (Lipinski definition) is 4. The van der Waals surface area contributed by atoms with Gasteiger partial charge in [0.25, 0.3) is 0 Å². The number of nitrogens with zero attached hydrogens (tertiary/aromatic N) is 1. The van der Waals surface area contributed by atoms with E-state index in [-0.39, 0.29) is 29.6 Å². The molecule has 2 aliphatic rings. The molecule has 0 bridgehead atoms. The predicted octanol–water partition coefficient (Wildman–Crippen LogP) is 1.66. The Morgan fingerprint density at radius 1 is 1.37 bits per heavy atom. The summed E-state index contributed by atoms with van der Waals surface area (Å²) in [6.45, 7) is 2.22. The van der Waals surface area contributed by atoms with E-state index in [1.54, 1.807) is 6.07 Å². The number of hydrogen-bond donors (Lipinski definition) is 1. The number of sulfonamides is 1. The van der Waals surface area contributed by atoms with E-state index in [2.05, 4.69) is 5.32 Å². The lowest BCUT2D eigenvalue weighted by molar-refractivity contribution is -0.126. The molecule has 1 aromatic carbocycles. The lowest BCUT2D eigenvalue weighted by Crippen LogP contribution is -2.49. The quantitative estimate of drug-likeness (QED) is 0.819. The molecule has 0 spiro atoms. The molecule has 2 fully saturated rings. The minimum Gasteiger partial charge on any atom is -0.381 e. The predicted molar refractivity (Wildman–Crippen MR) is 100 cm³/mol. The van der Waals surface area contributed by atoms with Crippen molar-refractivity contribution in [1.29, 1.82) is 0 Å². The smallest absolute Gasteiger partial charge is 0.224 e. The van der Waals surface area contributed by atoms with Crippen molar-refractivity contribution < 1.29 is 22.3 Å². The van der Waals surface area contributed by atoms with Crippen LogP contribution in [0.4, 0.5) is 4.39 Å². The molecule has 1 aromatic rings. The van der Waals surface area contributed by atoms with Crippen molar-refractivity contribution in [1.82, 2.24) is 9.62 Å². The van der Waals surface area contributed by atoms with E-state index in [1.807, 2.05) is 6.07 Å². The highest BCUT2D eigenvalue weighted by atomic mass is 32.2. The van der Waals surface area contributed by atoms with Crippen LogP contribution in [0.1, 0.15) is 31.2 Å². The highest BCUT2D eigenvalue weighted by Gasteiger charge is 2.36. The van der Waals surface area contributed by atoms with Gasteiger partial charge in [0.1, 0.15) is 5.82 Å². The average Bonchev–Trinajstić information content (AvgIpc) is 2.66. The van der Waals surface area contributed by atoms with Crippen LogP contribution in [0.5, 0.6) is 0 Å². The van der Waals surface area contributed by atoms with E-state index < -0.39 is 10.0 Å². The molecule has 8 heteroatoms. The van der Waals surface area contributed by atoms with Gasteiger partial charge in [0.05, 0.1) is 12.2 Å². The van der Waals surface area contributed by atoms with Gasteiger partial charge in [-0.3, -0.25) is 4.79 Å². The molecule has 2 saturated heterocycles. The first-order chi connectivity index (χ1) is 12.8. The fourth-order valence-electron chi connectivity index (χ4n) is 4.01. The van der Waals surface area contributed by atoms with Gasteiger partial charge in [0, 0.05) is 38.3 Å². The minimum atomic E-state index is -3.29. The topological polar surface area (TPSA) is 75.7 Å². The molecule has 0 saturated carbocycles. The van der Waals surface area contributed by atoms with Crippen molar-refractivity contribution in [2.75, 3.05) is 39.1 Å². The Labute approximate surface area is 160 Å². The standard InChI is InChI=1S/C19H27FN2O4S/c1-27(24,25)22-9-3-4-15(13-22)18(23)21-14-19(7-10-26-11-8-19)16-5-2-6-17(20)12-16/h2,5-6,12,15H,3-4,7-11,13-14H2,1H3,(H,21,23). The van der Waals surface area contributed by atoms with Crippen LogP contribution in [-0.4, -0.2) is 57.7 Å². The van der Waals surface area contributed by atoms with E-state index in [0.717, 1.165) is 5.56 Å². The third-order valence-electron chi connectivity index (χ3n) is 5.71. The van der Waals surface area contributed by atoms with E-state index in [4.69, 9.17) is 4.74 Å². The molecule has 2 heterocycles. The zero-order valence-electron chi connectivity index (χ0n) is 15.6. The highest BCUT2D eigenvalue weighted by Crippen LogP contribution is 2.34. The van der Waals surface area contributed by atoms with Crippen molar-refractivity contribution >= 4 is 15.9 Å². The van der Waals surface area contributed by atoms with Gasteiger partial charge in [0.2, 0.25) is 15.9 Å². The summed E-state index contributed by atoms with van der Waals surface area (Å²) in [6.07, 6.45) is 3.93. The minimum absolute atomic E-state index is 0.134. The average molecular weight is 399 g/mol. The Bertz CT molecular complexity index is 778. The summed E-state index contributed by atoms with van der Waals surface area (Å²) < 4.78 is 44.1. The number of amides is 1. The molecule has 0 radical (unpaired) electrons. The van der Waals surface area contributed by atoms with Gasteiger partial charge in [-0.05, 0) is 43.4 Å². The molecule has 0 aromatic heterocycles. The second-order valence-corrected chi connectivity index (χ2v) is 9.56. The van der Waals surface area contributed by atoms with Gasteiger partial charge in [-0.1, -0.05) is 12.1 Å². The number of piperidine rings is 1. The Hall–Kier alpha value is -1.51. The van der Waals surface area contributed by atoms with E-state index in [9.17, 15) is 17.6 Å². The molecular formula is C19H27FN2O4S. The Balaban J connectivity index is 1.69. The molecule has 1 amide bonds. The van der Waals surface area contributed by atoms with Crippen LogP contribution in [0, 0.1) is 11.7 Å². The van der Waals surface area contributed by atoms with E-state index in [1.165, 1.54) is 22.7 Å². The van der Waals surface area contributed by atoms with Crippen molar-refractivity contribution in [3.8, 4) is 0 Å². The molecule has 27 heavy (non-hydrogen) atoms. The van der Waals surface area contributed by atoms with Crippen molar-refractivity contribution in [2.45, 2.75) is 31.1 Å². The lowest BCUT2D eigenvalue weighted by atomic mass is 9.74.